The molecule has 2 aliphatic rings. The monoisotopic (exact) mass is 183 g/mol. The van der Waals surface area contributed by atoms with Gasteiger partial charge in [-0.2, -0.15) is 0 Å². The summed E-state index contributed by atoms with van der Waals surface area (Å²) in [5, 5.41) is 3.63. The van der Waals surface area contributed by atoms with Crippen LogP contribution < -0.4 is 5.32 Å². The van der Waals surface area contributed by atoms with Gasteiger partial charge in [-0.3, -0.25) is 0 Å². The van der Waals surface area contributed by atoms with E-state index in [9.17, 15) is 0 Å². The van der Waals surface area contributed by atoms with Crippen molar-refractivity contribution in [1.82, 2.24) is 5.32 Å². The fourth-order valence-corrected chi connectivity index (χ4v) is 3.02. The molecule has 2 rings (SSSR count). The molecule has 2 nitrogen and oxygen atoms in total. The van der Waals surface area contributed by atoms with Gasteiger partial charge in [0.2, 0.25) is 0 Å². The van der Waals surface area contributed by atoms with Gasteiger partial charge in [-0.15, -0.1) is 0 Å². The van der Waals surface area contributed by atoms with E-state index in [-0.39, 0.29) is 5.60 Å². The molecule has 0 bridgehead atoms. The van der Waals surface area contributed by atoms with Gasteiger partial charge in [0.25, 0.3) is 0 Å². The summed E-state index contributed by atoms with van der Waals surface area (Å²) in [6, 6.07) is 0.587. The van der Waals surface area contributed by atoms with Gasteiger partial charge < -0.3 is 10.1 Å². The quantitative estimate of drug-likeness (QED) is 0.671. The van der Waals surface area contributed by atoms with Crippen LogP contribution in [0.1, 0.15) is 39.5 Å². The Labute approximate surface area is 81.0 Å². The van der Waals surface area contributed by atoms with Crippen LogP contribution in [0.5, 0.6) is 0 Å². The Bertz CT molecular complexity index is 173. The van der Waals surface area contributed by atoms with Gasteiger partial charge in [0, 0.05) is 12.6 Å². The smallest absolute Gasteiger partial charge is 0.0837 e. The lowest BCUT2D eigenvalue weighted by molar-refractivity contribution is -0.103. The molecule has 1 saturated heterocycles. The summed E-state index contributed by atoms with van der Waals surface area (Å²) < 4.78 is 6.04. The summed E-state index contributed by atoms with van der Waals surface area (Å²) in [7, 11) is 0. The zero-order chi connectivity index (χ0) is 9.31. The predicted octanol–water partition coefficient (Wildman–Crippen LogP) is 1.94. The average Bonchev–Trinajstić information content (AvgIpc) is 2.54. The molecule has 0 aromatic heterocycles. The van der Waals surface area contributed by atoms with Gasteiger partial charge in [0.1, 0.15) is 0 Å². The number of hydrogen-bond donors (Lipinski definition) is 1. The van der Waals surface area contributed by atoms with Gasteiger partial charge in [-0.05, 0) is 18.8 Å². The highest BCUT2D eigenvalue weighted by molar-refractivity contribution is 5.00. The van der Waals surface area contributed by atoms with Crippen LogP contribution in [0.15, 0.2) is 0 Å². The van der Waals surface area contributed by atoms with Gasteiger partial charge >= 0.3 is 0 Å². The maximum atomic E-state index is 6.04. The number of rotatable bonds is 1. The second kappa shape index (κ2) is 3.58. The Balaban J connectivity index is 2.12. The summed E-state index contributed by atoms with van der Waals surface area (Å²) in [5.74, 6) is 0.693. The van der Waals surface area contributed by atoms with Crippen LogP contribution >= 0.6 is 0 Å². The van der Waals surface area contributed by atoms with Gasteiger partial charge in [-0.1, -0.05) is 26.7 Å². The van der Waals surface area contributed by atoms with Crippen LogP contribution in [0, 0.1) is 5.92 Å². The van der Waals surface area contributed by atoms with E-state index < -0.39 is 0 Å². The van der Waals surface area contributed by atoms with Crippen LogP contribution in [-0.2, 0) is 4.74 Å². The van der Waals surface area contributed by atoms with E-state index in [1.54, 1.807) is 0 Å². The summed E-state index contributed by atoms with van der Waals surface area (Å²) in [5.41, 5.74) is 0.201. The number of hydrogen-bond acceptors (Lipinski definition) is 2. The Kier molecular flexibility index (Phi) is 2.61. The highest BCUT2D eigenvalue weighted by Crippen LogP contribution is 2.39. The van der Waals surface area contributed by atoms with E-state index in [2.05, 4.69) is 19.2 Å². The minimum absolute atomic E-state index is 0.201. The lowest BCUT2D eigenvalue weighted by atomic mass is 9.83. The van der Waals surface area contributed by atoms with E-state index in [0.717, 1.165) is 13.2 Å². The molecular formula is C11H21NO. The molecule has 1 aliphatic carbocycles. The minimum atomic E-state index is 0.201. The summed E-state index contributed by atoms with van der Waals surface area (Å²) in [6.07, 6.45) is 5.24. The summed E-state index contributed by atoms with van der Waals surface area (Å²) in [6.45, 7) is 6.53. The molecule has 2 heteroatoms. The van der Waals surface area contributed by atoms with Crippen molar-refractivity contribution in [3.63, 3.8) is 0 Å². The van der Waals surface area contributed by atoms with E-state index in [4.69, 9.17) is 4.74 Å². The van der Waals surface area contributed by atoms with Crippen molar-refractivity contribution in [1.29, 1.82) is 0 Å². The highest BCUT2D eigenvalue weighted by Gasteiger charge is 2.45. The molecule has 1 aliphatic heterocycles. The Morgan fingerprint density at radius 2 is 2.00 bits per heavy atom. The molecule has 2 fully saturated rings. The molecule has 1 unspecified atom stereocenters. The molecule has 13 heavy (non-hydrogen) atoms. The Hall–Kier alpha value is -0.0800. The molecule has 1 heterocycles. The first-order valence-electron chi connectivity index (χ1n) is 5.62. The largest absolute Gasteiger partial charge is 0.372 e. The van der Waals surface area contributed by atoms with Gasteiger partial charge in [0.05, 0.1) is 12.2 Å². The van der Waals surface area contributed by atoms with Crippen molar-refractivity contribution >= 4 is 0 Å². The summed E-state index contributed by atoms with van der Waals surface area (Å²) in [4.78, 5) is 0. The normalized spacial score (nSPS) is 33.0. The predicted molar refractivity (Wildman–Crippen MR) is 53.8 cm³/mol. The van der Waals surface area contributed by atoms with Crippen molar-refractivity contribution in [3.05, 3.63) is 0 Å². The lowest BCUT2D eigenvalue weighted by Crippen LogP contribution is -2.58. The third kappa shape index (κ3) is 1.62. The first kappa shape index (κ1) is 9.47. The molecule has 0 amide bonds. The van der Waals surface area contributed by atoms with Gasteiger partial charge in [-0.25, -0.2) is 0 Å². The molecule has 0 aromatic carbocycles. The highest BCUT2D eigenvalue weighted by atomic mass is 16.5. The molecule has 1 N–H and O–H groups in total. The van der Waals surface area contributed by atoms with Crippen LogP contribution in [0.3, 0.4) is 0 Å². The standard InChI is InChI=1S/C11H21NO/c1-9(2)10-11(5-3-4-6-11)13-8-7-12-10/h9-10,12H,3-8H2,1-2H3. The topological polar surface area (TPSA) is 21.3 Å². The van der Waals surface area contributed by atoms with Crippen molar-refractivity contribution < 1.29 is 4.74 Å². The fourth-order valence-electron chi connectivity index (χ4n) is 3.02. The molecule has 0 radical (unpaired) electrons. The molecule has 1 saturated carbocycles. The average molecular weight is 183 g/mol. The van der Waals surface area contributed by atoms with Crippen LogP contribution in [0.4, 0.5) is 0 Å². The number of morpholine rings is 1. The van der Waals surface area contributed by atoms with Crippen molar-refractivity contribution in [2.75, 3.05) is 13.2 Å². The van der Waals surface area contributed by atoms with Crippen molar-refractivity contribution in [2.45, 2.75) is 51.2 Å². The Morgan fingerprint density at radius 3 is 2.62 bits per heavy atom. The zero-order valence-corrected chi connectivity index (χ0v) is 8.81. The molecule has 0 aromatic rings. The molecule has 76 valence electrons. The van der Waals surface area contributed by atoms with Crippen LogP contribution in [0.2, 0.25) is 0 Å². The third-order valence-corrected chi connectivity index (χ3v) is 3.54. The van der Waals surface area contributed by atoms with E-state index in [0.29, 0.717) is 12.0 Å². The number of nitrogens with one attached hydrogen (secondary N) is 1. The third-order valence-electron chi connectivity index (χ3n) is 3.54. The summed E-state index contributed by atoms with van der Waals surface area (Å²) >= 11 is 0. The second-order valence-corrected chi connectivity index (χ2v) is 4.80. The second-order valence-electron chi connectivity index (χ2n) is 4.80. The van der Waals surface area contributed by atoms with E-state index in [1.165, 1.54) is 25.7 Å². The lowest BCUT2D eigenvalue weighted by Gasteiger charge is -2.44. The van der Waals surface area contributed by atoms with Crippen molar-refractivity contribution in [2.24, 2.45) is 5.92 Å². The maximum Gasteiger partial charge on any atom is 0.0837 e. The number of ether oxygens (including phenoxy) is 1. The molecule has 1 atom stereocenters. The molecule has 1 spiro atoms. The molecular weight excluding hydrogens is 162 g/mol. The van der Waals surface area contributed by atoms with Crippen molar-refractivity contribution in [3.8, 4) is 0 Å². The first-order chi connectivity index (χ1) is 6.25. The SMILES string of the molecule is CC(C)C1NCCOC12CCCC2. The van der Waals surface area contributed by atoms with E-state index in [1.807, 2.05) is 0 Å². The fraction of sp³-hybridized carbons (Fsp3) is 1.00. The Morgan fingerprint density at radius 1 is 1.31 bits per heavy atom. The van der Waals surface area contributed by atoms with Crippen LogP contribution in [-0.4, -0.2) is 24.8 Å². The van der Waals surface area contributed by atoms with Gasteiger partial charge in [0.15, 0.2) is 0 Å². The minimum Gasteiger partial charge on any atom is -0.372 e. The maximum absolute atomic E-state index is 6.04. The van der Waals surface area contributed by atoms with Crippen LogP contribution in [0.25, 0.3) is 0 Å². The zero-order valence-electron chi connectivity index (χ0n) is 8.81. The van der Waals surface area contributed by atoms with E-state index >= 15 is 0 Å². The first-order valence-corrected chi connectivity index (χ1v) is 5.62.